The van der Waals surface area contributed by atoms with E-state index in [0.717, 1.165) is 3.57 Å². The molecule has 1 aromatic carbocycles. The van der Waals surface area contributed by atoms with Crippen molar-refractivity contribution in [2.75, 3.05) is 6.61 Å². The molecule has 0 amide bonds. The van der Waals surface area contributed by atoms with E-state index in [9.17, 15) is 14.4 Å². The second kappa shape index (κ2) is 6.63. The molecule has 18 heavy (non-hydrogen) atoms. The number of ether oxygens (including phenoxy) is 1. The van der Waals surface area contributed by atoms with Crippen molar-refractivity contribution in [2.24, 2.45) is 5.92 Å². The summed E-state index contributed by atoms with van der Waals surface area (Å²) < 4.78 is 5.62. The number of carbonyl (C=O) groups excluding carboxylic acids is 3. The molecule has 0 saturated carbocycles. The molecular weight excluding hydrogens is 347 g/mol. The molecule has 0 radical (unpaired) electrons. The lowest BCUT2D eigenvalue weighted by Crippen LogP contribution is -2.32. The van der Waals surface area contributed by atoms with Crippen LogP contribution in [0.1, 0.15) is 24.2 Å². The summed E-state index contributed by atoms with van der Waals surface area (Å²) >= 11 is 2.06. The summed E-state index contributed by atoms with van der Waals surface area (Å²) in [5.74, 6) is -3.16. The van der Waals surface area contributed by atoms with Crippen molar-refractivity contribution in [3.63, 3.8) is 0 Å². The lowest BCUT2D eigenvalue weighted by molar-refractivity contribution is -0.148. The maximum absolute atomic E-state index is 12.1. The van der Waals surface area contributed by atoms with E-state index >= 15 is 0 Å². The summed E-state index contributed by atoms with van der Waals surface area (Å²) in [4.78, 5) is 35.2. The van der Waals surface area contributed by atoms with Crippen molar-refractivity contribution in [3.05, 3.63) is 33.4 Å². The van der Waals surface area contributed by atoms with Crippen LogP contribution < -0.4 is 0 Å². The van der Waals surface area contributed by atoms with Crippen LogP contribution in [0.3, 0.4) is 0 Å². The van der Waals surface area contributed by atoms with E-state index in [4.69, 9.17) is 4.74 Å². The van der Waals surface area contributed by atoms with E-state index in [-0.39, 0.29) is 6.61 Å². The number of rotatable bonds is 5. The van der Waals surface area contributed by atoms with E-state index < -0.39 is 23.5 Å². The van der Waals surface area contributed by atoms with Crippen LogP contribution in [0, 0.1) is 9.49 Å². The van der Waals surface area contributed by atoms with Crippen LogP contribution in [0.2, 0.25) is 0 Å². The maximum atomic E-state index is 12.1. The summed E-state index contributed by atoms with van der Waals surface area (Å²) in [5, 5.41) is 0. The Labute approximate surface area is 119 Å². The SMILES string of the molecule is CCOC(=O)C(C(C)=O)C(=O)c1cccc(I)c1. The van der Waals surface area contributed by atoms with Crippen molar-refractivity contribution in [2.45, 2.75) is 13.8 Å². The average Bonchev–Trinajstić information content (AvgIpc) is 2.28. The molecule has 0 aliphatic rings. The third-order valence-corrected chi connectivity index (χ3v) is 2.97. The Bertz CT molecular complexity index is 482. The molecule has 0 aliphatic heterocycles. The van der Waals surface area contributed by atoms with Gasteiger partial charge in [-0.1, -0.05) is 12.1 Å². The minimum Gasteiger partial charge on any atom is -0.465 e. The smallest absolute Gasteiger partial charge is 0.324 e. The number of Topliss-reactive ketones (excluding diaryl/α,β-unsaturated/α-hetero) is 2. The molecule has 0 fully saturated rings. The fraction of sp³-hybridized carbons (Fsp3) is 0.308. The quantitative estimate of drug-likeness (QED) is 0.350. The minimum atomic E-state index is -1.36. The highest BCUT2D eigenvalue weighted by Gasteiger charge is 2.33. The van der Waals surface area contributed by atoms with Crippen LogP contribution in [0.4, 0.5) is 0 Å². The molecule has 5 heteroatoms. The van der Waals surface area contributed by atoms with Gasteiger partial charge in [-0.15, -0.1) is 0 Å². The van der Waals surface area contributed by atoms with Crippen LogP contribution in [-0.4, -0.2) is 24.1 Å². The topological polar surface area (TPSA) is 60.4 Å². The molecule has 1 rings (SSSR count). The summed E-state index contributed by atoms with van der Waals surface area (Å²) in [6, 6.07) is 6.75. The molecular formula is C13H13IO4. The van der Waals surface area contributed by atoms with Crippen molar-refractivity contribution in [1.82, 2.24) is 0 Å². The van der Waals surface area contributed by atoms with Gasteiger partial charge in [-0.25, -0.2) is 0 Å². The van der Waals surface area contributed by atoms with Gasteiger partial charge in [0.1, 0.15) is 0 Å². The van der Waals surface area contributed by atoms with Crippen molar-refractivity contribution in [3.8, 4) is 0 Å². The molecule has 1 atom stereocenters. The van der Waals surface area contributed by atoms with Crippen LogP contribution >= 0.6 is 22.6 Å². The number of hydrogen-bond donors (Lipinski definition) is 0. The Morgan fingerprint density at radius 1 is 1.33 bits per heavy atom. The molecule has 0 spiro atoms. The standard InChI is InChI=1S/C13H13IO4/c1-3-18-13(17)11(8(2)15)12(16)9-5-4-6-10(14)7-9/h4-7,11H,3H2,1-2H3. The predicted octanol–water partition coefficient (Wildman–Crippen LogP) is 2.24. The number of esters is 1. The highest BCUT2D eigenvalue weighted by atomic mass is 127. The van der Waals surface area contributed by atoms with Crippen molar-refractivity contribution >= 4 is 40.1 Å². The Morgan fingerprint density at radius 2 is 2.00 bits per heavy atom. The highest BCUT2D eigenvalue weighted by Crippen LogP contribution is 2.15. The molecule has 96 valence electrons. The first-order valence-corrected chi connectivity index (χ1v) is 6.52. The van der Waals surface area contributed by atoms with Gasteiger partial charge in [0.2, 0.25) is 0 Å². The van der Waals surface area contributed by atoms with Gasteiger partial charge in [-0.05, 0) is 48.6 Å². The van der Waals surface area contributed by atoms with Crippen molar-refractivity contribution in [1.29, 1.82) is 0 Å². The molecule has 1 unspecified atom stereocenters. The third-order valence-electron chi connectivity index (χ3n) is 2.30. The first-order valence-electron chi connectivity index (χ1n) is 5.44. The maximum Gasteiger partial charge on any atom is 0.324 e. The minimum absolute atomic E-state index is 0.141. The largest absolute Gasteiger partial charge is 0.465 e. The Hall–Kier alpha value is -1.24. The van der Waals surface area contributed by atoms with E-state index in [2.05, 4.69) is 22.6 Å². The number of carbonyl (C=O) groups is 3. The molecule has 0 aliphatic carbocycles. The van der Waals surface area contributed by atoms with Crippen LogP contribution in [0.25, 0.3) is 0 Å². The molecule has 4 nitrogen and oxygen atoms in total. The summed E-state index contributed by atoms with van der Waals surface area (Å²) in [6.07, 6.45) is 0. The van der Waals surface area contributed by atoms with Crippen LogP contribution in [-0.2, 0) is 14.3 Å². The molecule has 0 aromatic heterocycles. The zero-order chi connectivity index (χ0) is 13.7. The van der Waals surface area contributed by atoms with Gasteiger partial charge in [0.25, 0.3) is 0 Å². The molecule has 0 saturated heterocycles. The lowest BCUT2D eigenvalue weighted by Gasteiger charge is -2.11. The monoisotopic (exact) mass is 360 g/mol. The van der Waals surface area contributed by atoms with E-state index in [1.54, 1.807) is 25.1 Å². The molecule has 0 N–H and O–H groups in total. The summed E-state index contributed by atoms with van der Waals surface area (Å²) in [6.45, 7) is 2.99. The van der Waals surface area contributed by atoms with E-state index in [1.807, 2.05) is 6.07 Å². The van der Waals surface area contributed by atoms with Gasteiger partial charge in [-0.2, -0.15) is 0 Å². The van der Waals surface area contributed by atoms with Gasteiger partial charge in [0.15, 0.2) is 17.5 Å². The van der Waals surface area contributed by atoms with Crippen molar-refractivity contribution < 1.29 is 19.1 Å². The second-order valence-corrected chi connectivity index (χ2v) is 4.92. The Balaban J connectivity index is 3.04. The normalized spacial score (nSPS) is 11.7. The number of ketones is 2. The van der Waals surface area contributed by atoms with Crippen LogP contribution in [0.5, 0.6) is 0 Å². The summed E-state index contributed by atoms with van der Waals surface area (Å²) in [7, 11) is 0. The Morgan fingerprint density at radius 3 is 2.50 bits per heavy atom. The van der Waals surface area contributed by atoms with Gasteiger partial charge in [0, 0.05) is 9.13 Å². The Kier molecular flexibility index (Phi) is 5.46. The van der Waals surface area contributed by atoms with E-state index in [1.165, 1.54) is 6.92 Å². The molecule has 1 aromatic rings. The van der Waals surface area contributed by atoms with Gasteiger partial charge in [-0.3, -0.25) is 14.4 Å². The predicted molar refractivity (Wildman–Crippen MR) is 74.3 cm³/mol. The number of benzene rings is 1. The fourth-order valence-electron chi connectivity index (χ4n) is 1.49. The van der Waals surface area contributed by atoms with Gasteiger partial charge in [0.05, 0.1) is 6.61 Å². The number of halogens is 1. The zero-order valence-electron chi connectivity index (χ0n) is 10.1. The first-order chi connectivity index (χ1) is 8.47. The van der Waals surface area contributed by atoms with E-state index in [0.29, 0.717) is 5.56 Å². The highest BCUT2D eigenvalue weighted by molar-refractivity contribution is 14.1. The lowest BCUT2D eigenvalue weighted by atomic mass is 9.94. The average molecular weight is 360 g/mol. The fourth-order valence-corrected chi connectivity index (χ4v) is 2.03. The number of hydrogen-bond acceptors (Lipinski definition) is 4. The first kappa shape index (κ1) is 14.8. The second-order valence-electron chi connectivity index (χ2n) is 3.67. The molecule has 0 heterocycles. The third kappa shape index (κ3) is 3.63. The van der Waals surface area contributed by atoms with Crippen LogP contribution in [0.15, 0.2) is 24.3 Å². The molecule has 0 bridgehead atoms. The zero-order valence-corrected chi connectivity index (χ0v) is 12.3. The van der Waals surface area contributed by atoms with Gasteiger partial charge >= 0.3 is 5.97 Å². The van der Waals surface area contributed by atoms with Gasteiger partial charge < -0.3 is 4.74 Å². The summed E-state index contributed by atoms with van der Waals surface area (Å²) in [5.41, 5.74) is 0.343.